The number of aliphatic carboxylic acids is 1. The van der Waals surface area contributed by atoms with Gasteiger partial charge in [0.25, 0.3) is 0 Å². The fourth-order valence-corrected chi connectivity index (χ4v) is 2.51. The van der Waals surface area contributed by atoms with Crippen LogP contribution in [0.1, 0.15) is 25.7 Å². The van der Waals surface area contributed by atoms with Gasteiger partial charge in [-0.15, -0.1) is 0 Å². The smallest absolute Gasteiger partial charge is 0.326 e. The number of carboxylic acids is 1. The quantitative estimate of drug-likeness (QED) is 0.644. The first-order valence-corrected chi connectivity index (χ1v) is 7.21. The van der Waals surface area contributed by atoms with Crippen LogP contribution in [0, 0.1) is 5.92 Å². The predicted octanol–water partition coefficient (Wildman–Crippen LogP) is 0.436. The van der Waals surface area contributed by atoms with Gasteiger partial charge in [-0.1, -0.05) is 0 Å². The third-order valence-corrected chi connectivity index (χ3v) is 3.71. The standard InChI is InChI=1S/C11H20N2O3S/c1-17-5-4-9(11(15)16)13-10(14)7-2-3-8(12)6-7/h7-9H,2-6,12H2,1H3,(H,13,14)(H,15,16)/t7?,8?,9-/m1/s1. The molecule has 0 bridgehead atoms. The molecule has 0 heterocycles. The summed E-state index contributed by atoms with van der Waals surface area (Å²) < 4.78 is 0. The van der Waals surface area contributed by atoms with Crippen LogP contribution < -0.4 is 11.1 Å². The summed E-state index contributed by atoms with van der Waals surface area (Å²) in [5.41, 5.74) is 5.73. The Morgan fingerprint density at radius 2 is 2.24 bits per heavy atom. The molecule has 1 saturated carbocycles. The molecule has 1 amide bonds. The Balaban J connectivity index is 2.43. The van der Waals surface area contributed by atoms with Crippen molar-refractivity contribution in [1.29, 1.82) is 0 Å². The lowest BCUT2D eigenvalue weighted by Crippen LogP contribution is -2.43. The van der Waals surface area contributed by atoms with Gasteiger partial charge >= 0.3 is 5.97 Å². The molecular weight excluding hydrogens is 240 g/mol. The zero-order valence-corrected chi connectivity index (χ0v) is 10.8. The largest absolute Gasteiger partial charge is 0.480 e. The second-order valence-electron chi connectivity index (χ2n) is 4.45. The Morgan fingerprint density at radius 3 is 2.71 bits per heavy atom. The molecule has 0 aromatic heterocycles. The molecule has 1 rings (SSSR count). The summed E-state index contributed by atoms with van der Waals surface area (Å²) >= 11 is 1.57. The fourth-order valence-electron chi connectivity index (χ4n) is 2.04. The molecule has 0 aliphatic heterocycles. The number of nitrogens with two attached hydrogens (primary N) is 1. The van der Waals surface area contributed by atoms with E-state index in [1.54, 1.807) is 11.8 Å². The summed E-state index contributed by atoms with van der Waals surface area (Å²) in [7, 11) is 0. The average molecular weight is 260 g/mol. The lowest BCUT2D eigenvalue weighted by atomic mass is 10.1. The van der Waals surface area contributed by atoms with Gasteiger partial charge in [-0.3, -0.25) is 4.79 Å². The van der Waals surface area contributed by atoms with E-state index in [1.165, 1.54) is 0 Å². The van der Waals surface area contributed by atoms with Gasteiger partial charge in [0.05, 0.1) is 0 Å². The average Bonchev–Trinajstić information content (AvgIpc) is 2.70. The van der Waals surface area contributed by atoms with E-state index in [4.69, 9.17) is 10.8 Å². The molecule has 4 N–H and O–H groups in total. The third kappa shape index (κ3) is 4.55. The van der Waals surface area contributed by atoms with Crippen molar-refractivity contribution in [3.63, 3.8) is 0 Å². The minimum atomic E-state index is -0.963. The number of nitrogens with one attached hydrogen (secondary N) is 1. The second kappa shape index (κ2) is 6.86. The molecule has 6 heteroatoms. The van der Waals surface area contributed by atoms with Crippen LogP contribution in [-0.2, 0) is 9.59 Å². The summed E-state index contributed by atoms with van der Waals surface area (Å²) in [5, 5.41) is 11.6. The molecular formula is C11H20N2O3S. The maximum atomic E-state index is 11.8. The second-order valence-corrected chi connectivity index (χ2v) is 5.44. The molecule has 98 valence electrons. The van der Waals surface area contributed by atoms with Crippen LogP contribution in [0.3, 0.4) is 0 Å². The van der Waals surface area contributed by atoms with Gasteiger partial charge in [0.1, 0.15) is 6.04 Å². The van der Waals surface area contributed by atoms with Crippen molar-refractivity contribution in [3.05, 3.63) is 0 Å². The van der Waals surface area contributed by atoms with Crippen molar-refractivity contribution in [1.82, 2.24) is 5.32 Å². The molecule has 0 saturated heterocycles. The van der Waals surface area contributed by atoms with E-state index < -0.39 is 12.0 Å². The van der Waals surface area contributed by atoms with E-state index in [0.717, 1.165) is 18.6 Å². The normalized spacial score (nSPS) is 25.5. The van der Waals surface area contributed by atoms with Crippen molar-refractivity contribution in [2.75, 3.05) is 12.0 Å². The summed E-state index contributed by atoms with van der Waals surface area (Å²) in [4.78, 5) is 22.8. The minimum absolute atomic E-state index is 0.0835. The highest BCUT2D eigenvalue weighted by Gasteiger charge is 2.30. The van der Waals surface area contributed by atoms with Crippen LogP contribution in [0.25, 0.3) is 0 Å². The zero-order valence-electron chi connectivity index (χ0n) is 10.0. The fraction of sp³-hybridized carbons (Fsp3) is 0.818. The topological polar surface area (TPSA) is 92.4 Å². The Bertz CT molecular complexity index is 286. The maximum absolute atomic E-state index is 11.8. The first-order chi connectivity index (χ1) is 8.04. The summed E-state index contributed by atoms with van der Waals surface area (Å²) in [6.07, 6.45) is 4.65. The molecule has 1 fully saturated rings. The van der Waals surface area contributed by atoms with E-state index in [9.17, 15) is 9.59 Å². The number of carbonyl (C=O) groups excluding carboxylic acids is 1. The Kier molecular flexibility index (Phi) is 5.77. The van der Waals surface area contributed by atoms with E-state index >= 15 is 0 Å². The SMILES string of the molecule is CSCC[C@@H](NC(=O)C1CCC(N)C1)C(=O)O. The van der Waals surface area contributed by atoms with Gasteiger partial charge in [-0.2, -0.15) is 11.8 Å². The highest BCUT2D eigenvalue weighted by Crippen LogP contribution is 2.24. The molecule has 5 nitrogen and oxygen atoms in total. The zero-order chi connectivity index (χ0) is 12.8. The molecule has 2 unspecified atom stereocenters. The monoisotopic (exact) mass is 260 g/mol. The van der Waals surface area contributed by atoms with Gasteiger partial charge in [0, 0.05) is 12.0 Å². The summed E-state index contributed by atoms with van der Waals surface area (Å²) in [6.45, 7) is 0. The van der Waals surface area contributed by atoms with Crippen molar-refractivity contribution in [2.24, 2.45) is 11.7 Å². The lowest BCUT2D eigenvalue weighted by molar-refractivity contribution is -0.142. The number of rotatable bonds is 6. The maximum Gasteiger partial charge on any atom is 0.326 e. The van der Waals surface area contributed by atoms with Crippen LogP contribution in [0.15, 0.2) is 0 Å². The number of hydrogen-bond donors (Lipinski definition) is 3. The number of amides is 1. The van der Waals surface area contributed by atoms with Crippen LogP contribution >= 0.6 is 11.8 Å². The molecule has 17 heavy (non-hydrogen) atoms. The van der Waals surface area contributed by atoms with E-state index in [1.807, 2.05) is 6.26 Å². The lowest BCUT2D eigenvalue weighted by Gasteiger charge is -2.17. The highest BCUT2D eigenvalue weighted by molar-refractivity contribution is 7.98. The first-order valence-electron chi connectivity index (χ1n) is 5.82. The summed E-state index contributed by atoms with van der Waals surface area (Å²) in [6, 6.07) is -0.688. The minimum Gasteiger partial charge on any atom is -0.480 e. The Labute approximate surface area is 106 Å². The number of carboxylic acid groups (broad SMARTS) is 1. The highest BCUT2D eigenvalue weighted by atomic mass is 32.2. The van der Waals surface area contributed by atoms with Crippen molar-refractivity contribution in [2.45, 2.75) is 37.8 Å². The van der Waals surface area contributed by atoms with E-state index in [2.05, 4.69) is 5.32 Å². The van der Waals surface area contributed by atoms with Gasteiger partial charge in [-0.25, -0.2) is 4.79 Å². The number of hydrogen-bond acceptors (Lipinski definition) is 4. The predicted molar refractivity (Wildman–Crippen MR) is 67.9 cm³/mol. The molecule has 1 aliphatic rings. The van der Waals surface area contributed by atoms with Gasteiger partial charge in [-0.05, 0) is 37.7 Å². The molecule has 0 aromatic rings. The number of carbonyl (C=O) groups is 2. The molecule has 0 spiro atoms. The van der Waals surface area contributed by atoms with Gasteiger partial charge < -0.3 is 16.2 Å². The van der Waals surface area contributed by atoms with Crippen LogP contribution in [-0.4, -0.2) is 41.1 Å². The Morgan fingerprint density at radius 1 is 1.53 bits per heavy atom. The van der Waals surface area contributed by atoms with Crippen molar-refractivity contribution in [3.8, 4) is 0 Å². The molecule has 3 atom stereocenters. The van der Waals surface area contributed by atoms with Gasteiger partial charge in [0.2, 0.25) is 5.91 Å². The molecule has 0 aromatic carbocycles. The van der Waals surface area contributed by atoms with E-state index in [0.29, 0.717) is 12.8 Å². The number of thioether (sulfide) groups is 1. The van der Waals surface area contributed by atoms with E-state index in [-0.39, 0.29) is 17.9 Å². The van der Waals surface area contributed by atoms with Crippen LogP contribution in [0.2, 0.25) is 0 Å². The van der Waals surface area contributed by atoms with Gasteiger partial charge in [0.15, 0.2) is 0 Å². The summed E-state index contributed by atoms with van der Waals surface area (Å²) in [5.74, 6) is -0.510. The van der Waals surface area contributed by atoms with Crippen LogP contribution in [0.4, 0.5) is 0 Å². The van der Waals surface area contributed by atoms with Crippen molar-refractivity contribution >= 4 is 23.6 Å². The third-order valence-electron chi connectivity index (χ3n) is 3.07. The Hall–Kier alpha value is -0.750. The molecule has 1 aliphatic carbocycles. The first kappa shape index (κ1) is 14.3. The van der Waals surface area contributed by atoms with Crippen LogP contribution in [0.5, 0.6) is 0 Å². The molecule has 0 radical (unpaired) electrons. The van der Waals surface area contributed by atoms with Crippen molar-refractivity contribution < 1.29 is 14.7 Å².